The smallest absolute Gasteiger partial charge is 0.265 e. The minimum Gasteiger partial charge on any atom is -0.299 e. The largest absolute Gasteiger partial charge is 0.299 e. The fourth-order valence-electron chi connectivity index (χ4n) is 4.84. The number of rotatable bonds is 6. The van der Waals surface area contributed by atoms with E-state index in [1.165, 1.54) is 17.8 Å². The van der Waals surface area contributed by atoms with E-state index in [0.717, 1.165) is 22.1 Å². The number of alkyl halides is 2. The molecule has 0 bridgehead atoms. The minimum absolute atomic E-state index is 0.00750. The molecule has 4 amide bonds. The maximum absolute atomic E-state index is 14.6. The molecule has 0 radical (unpaired) electrons. The van der Waals surface area contributed by atoms with Gasteiger partial charge in [-0.2, -0.15) is 0 Å². The lowest BCUT2D eigenvalue weighted by Crippen LogP contribution is -2.54. The summed E-state index contributed by atoms with van der Waals surface area (Å²) in [5.74, 6) is -5.85. The first kappa shape index (κ1) is 25.5. The van der Waals surface area contributed by atoms with Crippen LogP contribution in [0.1, 0.15) is 57.5 Å². The highest BCUT2D eigenvalue weighted by atomic mass is 32.2. The Labute approximate surface area is 215 Å². The molecule has 0 saturated carbocycles. The van der Waals surface area contributed by atoms with Crippen molar-refractivity contribution in [3.63, 3.8) is 0 Å². The van der Waals surface area contributed by atoms with Gasteiger partial charge in [-0.3, -0.25) is 34.3 Å². The van der Waals surface area contributed by atoms with Crippen LogP contribution >= 0.6 is 11.8 Å². The van der Waals surface area contributed by atoms with Gasteiger partial charge in [0.1, 0.15) is 11.9 Å². The normalized spacial score (nSPS) is 21.8. The Kier molecular flexibility index (Phi) is 6.84. The van der Waals surface area contributed by atoms with Crippen LogP contribution in [0.3, 0.4) is 0 Å². The molecule has 0 aliphatic carbocycles. The monoisotopic (exact) mass is 531 g/mol. The van der Waals surface area contributed by atoms with Crippen molar-refractivity contribution in [2.24, 2.45) is 0 Å². The second-order valence-corrected chi connectivity index (χ2v) is 10.5. The number of carbonyl (C=O) groups is 4. The predicted octanol–water partition coefficient (Wildman–Crippen LogP) is 3.75. The number of carbonyl (C=O) groups excluding carboxylic acids is 4. The van der Waals surface area contributed by atoms with Gasteiger partial charge in [-0.15, -0.1) is 11.8 Å². The molecule has 3 heterocycles. The Morgan fingerprint density at radius 2 is 1.57 bits per heavy atom. The first-order chi connectivity index (χ1) is 17.6. The molecule has 2 aromatic carbocycles. The number of fused-ring (bicyclic) bond motifs is 1. The highest BCUT2D eigenvalue weighted by molar-refractivity contribution is 7.98. The van der Waals surface area contributed by atoms with Crippen molar-refractivity contribution in [3.8, 4) is 0 Å². The first-order valence-electron chi connectivity index (χ1n) is 12.0. The van der Waals surface area contributed by atoms with E-state index >= 15 is 0 Å². The third-order valence-electron chi connectivity index (χ3n) is 6.91. The number of imide groups is 2. The summed E-state index contributed by atoms with van der Waals surface area (Å²) in [6.45, 7) is 1.29. The molecule has 3 aliphatic rings. The van der Waals surface area contributed by atoms with Gasteiger partial charge < -0.3 is 0 Å². The third kappa shape index (κ3) is 5.15. The lowest BCUT2D eigenvalue weighted by Gasteiger charge is -2.31. The number of amides is 4. The topological polar surface area (TPSA) is 86.8 Å². The van der Waals surface area contributed by atoms with Gasteiger partial charge in [0.2, 0.25) is 11.8 Å². The summed E-state index contributed by atoms with van der Waals surface area (Å²) in [6.07, 6.45) is -0.293. The van der Waals surface area contributed by atoms with E-state index in [1.54, 1.807) is 0 Å². The van der Waals surface area contributed by atoms with Crippen LogP contribution in [-0.2, 0) is 21.9 Å². The lowest BCUT2D eigenvalue weighted by atomic mass is 10.0. The number of piperidine rings is 2. The fraction of sp³-hybridized carbons (Fsp3) is 0.385. The third-order valence-corrected chi connectivity index (χ3v) is 8.04. The van der Waals surface area contributed by atoms with Crippen molar-refractivity contribution in [3.05, 3.63) is 64.5 Å². The summed E-state index contributed by atoms with van der Waals surface area (Å²) >= 11 is 1.27. The van der Waals surface area contributed by atoms with E-state index < -0.39 is 41.4 Å². The average molecular weight is 532 g/mol. The molecule has 3 aliphatic heterocycles. The van der Waals surface area contributed by atoms with Crippen LogP contribution in [0.15, 0.2) is 41.3 Å². The number of halogens is 3. The Morgan fingerprint density at radius 3 is 2.24 bits per heavy atom. The highest BCUT2D eigenvalue weighted by Gasteiger charge is 2.47. The molecule has 2 fully saturated rings. The summed E-state index contributed by atoms with van der Waals surface area (Å²) in [7, 11) is 0. The van der Waals surface area contributed by atoms with Gasteiger partial charge in [-0.1, -0.05) is 24.3 Å². The van der Waals surface area contributed by atoms with Gasteiger partial charge in [0.15, 0.2) is 0 Å². The minimum atomic E-state index is -2.58. The van der Waals surface area contributed by atoms with E-state index in [4.69, 9.17) is 0 Å². The molecule has 194 valence electrons. The molecule has 0 spiro atoms. The second-order valence-electron chi connectivity index (χ2n) is 9.48. The standard InChI is InChI=1S/C26H24F3N3O4S/c27-17-5-7-19(22-21(17)24(35)32(25(22)36)18-6-8-20(33)30-23(18)34)37-14-16-3-1-15(2-4-16)13-31-11-9-26(28,29)10-12-31/h1-5,7,18H,6,8-14H2,(H,30,33,34). The lowest BCUT2D eigenvalue weighted by molar-refractivity contribution is -0.136. The van der Waals surface area contributed by atoms with Crippen molar-refractivity contribution in [2.45, 2.75) is 54.8 Å². The fourth-order valence-corrected chi connectivity index (χ4v) is 5.86. The zero-order valence-electron chi connectivity index (χ0n) is 19.8. The van der Waals surface area contributed by atoms with E-state index in [1.807, 2.05) is 29.2 Å². The molecular weight excluding hydrogens is 507 g/mol. The van der Waals surface area contributed by atoms with Gasteiger partial charge in [-0.05, 0) is 29.7 Å². The van der Waals surface area contributed by atoms with Crippen LogP contribution in [0.5, 0.6) is 0 Å². The molecule has 0 aromatic heterocycles. The number of nitrogens with one attached hydrogen (secondary N) is 1. The van der Waals surface area contributed by atoms with Crippen molar-refractivity contribution in [2.75, 3.05) is 13.1 Å². The molecule has 1 unspecified atom stereocenters. The molecule has 2 aromatic rings. The number of hydrogen-bond donors (Lipinski definition) is 1. The summed E-state index contributed by atoms with van der Waals surface area (Å²) in [4.78, 5) is 53.1. The maximum atomic E-state index is 14.6. The SMILES string of the molecule is O=C1CCC(N2C(=O)c3c(F)ccc(SCc4ccc(CN5CCC(F)(F)CC5)cc4)c3C2=O)C(=O)N1. The van der Waals surface area contributed by atoms with Gasteiger partial charge >= 0.3 is 0 Å². The Morgan fingerprint density at radius 1 is 0.919 bits per heavy atom. The van der Waals surface area contributed by atoms with Crippen LogP contribution in [0.2, 0.25) is 0 Å². The zero-order chi connectivity index (χ0) is 26.3. The van der Waals surface area contributed by atoms with Gasteiger partial charge in [0.05, 0.1) is 11.1 Å². The Hall–Kier alpha value is -3.18. The second kappa shape index (κ2) is 9.94. The summed E-state index contributed by atoms with van der Waals surface area (Å²) in [6, 6.07) is 9.08. The summed E-state index contributed by atoms with van der Waals surface area (Å²) < 4.78 is 41.4. The van der Waals surface area contributed by atoms with E-state index in [2.05, 4.69) is 5.32 Å². The molecular formula is C26H24F3N3O4S. The molecule has 11 heteroatoms. The molecule has 37 heavy (non-hydrogen) atoms. The quantitative estimate of drug-likeness (QED) is 0.452. The van der Waals surface area contributed by atoms with Crippen molar-refractivity contribution < 1.29 is 32.3 Å². The molecule has 1 N–H and O–H groups in total. The van der Waals surface area contributed by atoms with Crippen LogP contribution < -0.4 is 5.32 Å². The van der Waals surface area contributed by atoms with Crippen LogP contribution in [0.4, 0.5) is 13.2 Å². The molecule has 7 nitrogen and oxygen atoms in total. The Bertz CT molecular complexity index is 1270. The van der Waals surface area contributed by atoms with Gasteiger partial charge in [0.25, 0.3) is 17.7 Å². The Balaban J connectivity index is 1.27. The highest BCUT2D eigenvalue weighted by Crippen LogP contribution is 2.37. The summed E-state index contributed by atoms with van der Waals surface area (Å²) in [5.41, 5.74) is 1.50. The van der Waals surface area contributed by atoms with Crippen LogP contribution in [0.25, 0.3) is 0 Å². The number of hydrogen-bond acceptors (Lipinski definition) is 6. The van der Waals surface area contributed by atoms with E-state index in [9.17, 15) is 32.3 Å². The van der Waals surface area contributed by atoms with Crippen LogP contribution in [0, 0.1) is 5.82 Å². The maximum Gasteiger partial charge on any atom is 0.265 e. The van der Waals surface area contributed by atoms with Crippen molar-refractivity contribution in [1.29, 1.82) is 0 Å². The average Bonchev–Trinajstić information content (AvgIpc) is 3.12. The van der Waals surface area contributed by atoms with Gasteiger partial charge in [0, 0.05) is 49.5 Å². The van der Waals surface area contributed by atoms with E-state index in [0.29, 0.717) is 30.3 Å². The van der Waals surface area contributed by atoms with Crippen LogP contribution in [-0.4, -0.2) is 58.5 Å². The zero-order valence-corrected chi connectivity index (χ0v) is 20.6. The summed E-state index contributed by atoms with van der Waals surface area (Å²) in [5, 5.41) is 2.12. The van der Waals surface area contributed by atoms with Crippen molar-refractivity contribution in [1.82, 2.24) is 15.1 Å². The predicted molar refractivity (Wildman–Crippen MR) is 129 cm³/mol. The van der Waals surface area contributed by atoms with E-state index in [-0.39, 0.29) is 36.8 Å². The number of thioether (sulfide) groups is 1. The number of benzene rings is 2. The molecule has 2 saturated heterocycles. The number of nitrogens with zero attached hydrogens (tertiary/aromatic N) is 2. The van der Waals surface area contributed by atoms with Gasteiger partial charge in [-0.25, -0.2) is 13.2 Å². The van der Waals surface area contributed by atoms with Crippen molar-refractivity contribution >= 4 is 35.4 Å². The number of likely N-dealkylation sites (tertiary alicyclic amines) is 1. The molecule has 5 rings (SSSR count). The molecule has 1 atom stereocenters. The first-order valence-corrected chi connectivity index (χ1v) is 13.0.